The summed E-state index contributed by atoms with van der Waals surface area (Å²) in [6.07, 6.45) is -0.0565. The van der Waals surface area contributed by atoms with E-state index >= 15 is 0 Å². The van der Waals surface area contributed by atoms with Crippen LogP contribution in [0.1, 0.15) is 12.8 Å². The monoisotopic (exact) mass is 160 g/mol. The molecule has 0 spiro atoms. The van der Waals surface area contributed by atoms with Crippen LogP contribution in [0, 0.1) is 0 Å². The molecule has 1 rings (SSSR count). The van der Waals surface area contributed by atoms with E-state index in [1.807, 2.05) is 0 Å². The summed E-state index contributed by atoms with van der Waals surface area (Å²) >= 11 is 0. The molecular formula is C7H12O4. The van der Waals surface area contributed by atoms with Crippen LogP contribution in [-0.2, 0) is 14.3 Å². The molecule has 0 aromatic carbocycles. The van der Waals surface area contributed by atoms with Gasteiger partial charge >= 0.3 is 5.97 Å². The zero-order valence-electron chi connectivity index (χ0n) is 6.45. The normalized spacial score (nSPS) is 31.5. The Balaban J connectivity index is 2.47. The number of hydrogen-bond donors (Lipinski definition) is 1. The second-order valence-electron chi connectivity index (χ2n) is 2.52. The minimum atomic E-state index is -0.770. The van der Waals surface area contributed by atoms with Crippen LogP contribution in [0.5, 0.6) is 0 Å². The number of methoxy groups -OCH3 is 1. The van der Waals surface area contributed by atoms with Crippen LogP contribution in [0.3, 0.4) is 0 Å². The van der Waals surface area contributed by atoms with Gasteiger partial charge in [-0.3, -0.25) is 0 Å². The maximum absolute atomic E-state index is 10.9. The molecule has 1 fully saturated rings. The van der Waals surface area contributed by atoms with Gasteiger partial charge in [0.15, 0.2) is 6.10 Å². The first-order valence-electron chi connectivity index (χ1n) is 3.63. The maximum atomic E-state index is 10.9. The summed E-state index contributed by atoms with van der Waals surface area (Å²) in [6, 6.07) is 0. The molecule has 11 heavy (non-hydrogen) atoms. The molecule has 0 aromatic heterocycles. The van der Waals surface area contributed by atoms with E-state index in [-0.39, 0.29) is 0 Å². The Kier molecular flexibility index (Phi) is 2.84. The molecule has 0 aromatic rings. The summed E-state index contributed by atoms with van der Waals surface area (Å²) in [6.45, 7) is 0.525. The Bertz CT molecular complexity index is 145. The quantitative estimate of drug-likeness (QED) is 0.535. The molecule has 0 saturated carbocycles. The van der Waals surface area contributed by atoms with Gasteiger partial charge in [-0.1, -0.05) is 0 Å². The molecule has 1 unspecified atom stereocenters. The molecule has 4 nitrogen and oxygen atoms in total. The van der Waals surface area contributed by atoms with Gasteiger partial charge in [0.05, 0.1) is 13.2 Å². The third kappa shape index (κ3) is 1.91. The number of rotatable bonds is 1. The van der Waals surface area contributed by atoms with E-state index < -0.39 is 18.2 Å². The fraction of sp³-hybridized carbons (Fsp3) is 0.857. The van der Waals surface area contributed by atoms with E-state index in [0.29, 0.717) is 13.0 Å². The second-order valence-corrected chi connectivity index (χ2v) is 2.52. The van der Waals surface area contributed by atoms with Gasteiger partial charge in [0, 0.05) is 6.61 Å². The zero-order valence-corrected chi connectivity index (χ0v) is 6.45. The molecule has 1 N–H and O–H groups in total. The maximum Gasteiger partial charge on any atom is 0.337 e. The summed E-state index contributed by atoms with van der Waals surface area (Å²) in [5, 5.41) is 9.24. The van der Waals surface area contributed by atoms with E-state index in [4.69, 9.17) is 4.74 Å². The van der Waals surface area contributed by atoms with E-state index in [2.05, 4.69) is 4.74 Å². The van der Waals surface area contributed by atoms with Gasteiger partial charge in [0.25, 0.3) is 0 Å². The first-order chi connectivity index (χ1) is 5.25. The van der Waals surface area contributed by atoms with Crippen molar-refractivity contribution in [2.24, 2.45) is 0 Å². The minimum Gasteiger partial charge on any atom is -0.467 e. The first kappa shape index (κ1) is 8.49. The molecule has 0 radical (unpaired) electrons. The molecule has 1 heterocycles. The average molecular weight is 160 g/mol. The zero-order chi connectivity index (χ0) is 8.27. The smallest absolute Gasteiger partial charge is 0.337 e. The van der Waals surface area contributed by atoms with Crippen molar-refractivity contribution < 1.29 is 19.4 Å². The number of esters is 1. The van der Waals surface area contributed by atoms with Gasteiger partial charge in [0.2, 0.25) is 0 Å². The summed E-state index contributed by atoms with van der Waals surface area (Å²) in [5.41, 5.74) is 0. The van der Waals surface area contributed by atoms with Crippen LogP contribution in [-0.4, -0.2) is 37.0 Å². The predicted octanol–water partition coefficient (Wildman–Crippen LogP) is -0.301. The Morgan fingerprint density at radius 3 is 3.00 bits per heavy atom. The number of carbonyl (C=O) groups excluding carboxylic acids is 1. The highest BCUT2D eigenvalue weighted by atomic mass is 16.6. The van der Waals surface area contributed by atoms with Gasteiger partial charge in [-0.2, -0.15) is 0 Å². The van der Waals surface area contributed by atoms with Crippen molar-refractivity contribution in [2.45, 2.75) is 25.0 Å². The molecule has 64 valence electrons. The second kappa shape index (κ2) is 3.69. The van der Waals surface area contributed by atoms with Crippen molar-refractivity contribution >= 4 is 5.97 Å². The highest BCUT2D eigenvalue weighted by Crippen LogP contribution is 2.14. The van der Waals surface area contributed by atoms with Crippen molar-refractivity contribution in [1.82, 2.24) is 0 Å². The van der Waals surface area contributed by atoms with Crippen molar-refractivity contribution in [2.75, 3.05) is 13.7 Å². The van der Waals surface area contributed by atoms with Crippen LogP contribution in [0.2, 0.25) is 0 Å². The number of aliphatic hydroxyl groups excluding tert-OH is 1. The molecule has 2 atom stereocenters. The van der Waals surface area contributed by atoms with Gasteiger partial charge in [0.1, 0.15) is 0 Å². The number of carbonyl (C=O) groups is 1. The van der Waals surface area contributed by atoms with Gasteiger partial charge in [-0.15, -0.1) is 0 Å². The van der Waals surface area contributed by atoms with Crippen LogP contribution >= 0.6 is 0 Å². The summed E-state index contributed by atoms with van der Waals surface area (Å²) < 4.78 is 9.45. The van der Waals surface area contributed by atoms with Gasteiger partial charge in [-0.05, 0) is 12.8 Å². The molecule has 1 aliphatic heterocycles. The summed E-state index contributed by atoms with van der Waals surface area (Å²) in [4.78, 5) is 10.9. The van der Waals surface area contributed by atoms with Gasteiger partial charge in [-0.25, -0.2) is 4.79 Å². The third-order valence-corrected chi connectivity index (χ3v) is 1.72. The number of hydrogen-bond acceptors (Lipinski definition) is 4. The van der Waals surface area contributed by atoms with E-state index in [0.717, 1.165) is 6.42 Å². The molecule has 1 saturated heterocycles. The predicted molar refractivity (Wildman–Crippen MR) is 37.0 cm³/mol. The molecule has 4 heteroatoms. The van der Waals surface area contributed by atoms with Crippen molar-refractivity contribution in [3.8, 4) is 0 Å². The lowest BCUT2D eigenvalue weighted by molar-refractivity contribution is -0.167. The van der Waals surface area contributed by atoms with E-state index in [9.17, 15) is 9.90 Å². The van der Waals surface area contributed by atoms with Crippen LogP contribution < -0.4 is 0 Å². The SMILES string of the molecule is COC(=O)C1OCCC[C@@H]1O. The van der Waals surface area contributed by atoms with Crippen molar-refractivity contribution in [3.05, 3.63) is 0 Å². The molecule has 0 aliphatic carbocycles. The Labute approximate surface area is 65.1 Å². The molecule has 1 aliphatic rings. The average Bonchev–Trinajstić information content (AvgIpc) is 2.04. The molecule has 0 bridgehead atoms. The van der Waals surface area contributed by atoms with Crippen molar-refractivity contribution in [3.63, 3.8) is 0 Å². The van der Waals surface area contributed by atoms with Crippen LogP contribution in [0.4, 0.5) is 0 Å². The van der Waals surface area contributed by atoms with Crippen LogP contribution in [0.15, 0.2) is 0 Å². The standard InChI is InChI=1S/C7H12O4/c1-10-7(9)6-5(8)3-2-4-11-6/h5-6,8H,2-4H2,1H3/t5-,6?/m0/s1. The van der Waals surface area contributed by atoms with E-state index in [1.165, 1.54) is 7.11 Å². The number of aliphatic hydroxyl groups is 1. The lowest BCUT2D eigenvalue weighted by atomic mass is 10.1. The van der Waals surface area contributed by atoms with Crippen LogP contribution in [0.25, 0.3) is 0 Å². The Hall–Kier alpha value is -0.610. The fourth-order valence-corrected chi connectivity index (χ4v) is 1.11. The largest absolute Gasteiger partial charge is 0.467 e. The highest BCUT2D eigenvalue weighted by Gasteiger charge is 2.31. The number of ether oxygens (including phenoxy) is 2. The fourth-order valence-electron chi connectivity index (χ4n) is 1.11. The highest BCUT2D eigenvalue weighted by molar-refractivity contribution is 5.75. The van der Waals surface area contributed by atoms with Gasteiger partial charge < -0.3 is 14.6 Å². The van der Waals surface area contributed by atoms with E-state index in [1.54, 1.807) is 0 Å². The first-order valence-corrected chi connectivity index (χ1v) is 3.63. The minimum absolute atomic E-state index is 0.489. The summed E-state index contributed by atoms with van der Waals surface area (Å²) in [7, 11) is 1.28. The Morgan fingerprint density at radius 2 is 2.45 bits per heavy atom. The molecule has 0 amide bonds. The Morgan fingerprint density at radius 1 is 1.73 bits per heavy atom. The lowest BCUT2D eigenvalue weighted by Gasteiger charge is -2.25. The van der Waals surface area contributed by atoms with Crippen molar-refractivity contribution in [1.29, 1.82) is 0 Å². The molecular weight excluding hydrogens is 148 g/mol. The topological polar surface area (TPSA) is 55.8 Å². The third-order valence-electron chi connectivity index (χ3n) is 1.72. The lowest BCUT2D eigenvalue weighted by Crippen LogP contribution is -2.40. The summed E-state index contributed by atoms with van der Waals surface area (Å²) in [5.74, 6) is -0.489.